The molecule has 2 N–H and O–H groups in total. The zero-order valence-corrected chi connectivity index (χ0v) is 10.2. The maximum absolute atomic E-state index is 10.6. The minimum absolute atomic E-state index is 0. The molecule has 0 atom stereocenters. The zero-order chi connectivity index (χ0) is 9.52. The van der Waals surface area contributed by atoms with Crippen LogP contribution in [0.1, 0.15) is 19.8 Å². The highest BCUT2D eigenvalue weighted by Gasteiger charge is 2.11. The number of hydrogen-bond donors (Lipinski definition) is 2. The normalized spacial score (nSPS) is 17.2. The van der Waals surface area contributed by atoms with Crippen molar-refractivity contribution in [2.24, 2.45) is 0 Å². The van der Waals surface area contributed by atoms with E-state index in [9.17, 15) is 4.79 Å². The van der Waals surface area contributed by atoms with Gasteiger partial charge in [0.25, 0.3) is 0 Å². The van der Waals surface area contributed by atoms with E-state index in [0.29, 0.717) is 6.04 Å². The van der Waals surface area contributed by atoms with Crippen molar-refractivity contribution in [3.8, 4) is 0 Å². The number of carbonyl (C=O) groups excluding carboxylic acids is 1. The molecule has 0 aliphatic carbocycles. The molecule has 1 saturated heterocycles. The molecule has 1 rings (SSSR count). The Morgan fingerprint density at radius 1 is 1.36 bits per heavy atom. The van der Waals surface area contributed by atoms with Crippen LogP contribution in [0, 0.1) is 0 Å². The van der Waals surface area contributed by atoms with Gasteiger partial charge in [-0.1, -0.05) is 0 Å². The van der Waals surface area contributed by atoms with Crippen molar-refractivity contribution < 1.29 is 4.79 Å². The van der Waals surface area contributed by atoms with Crippen LogP contribution in [0.5, 0.6) is 0 Å². The van der Waals surface area contributed by atoms with Crippen LogP contribution in [0.15, 0.2) is 0 Å². The molecule has 0 spiro atoms. The fourth-order valence-corrected chi connectivity index (χ4v) is 2.52. The van der Waals surface area contributed by atoms with E-state index in [-0.39, 0.29) is 18.3 Å². The van der Waals surface area contributed by atoms with E-state index in [1.807, 2.05) is 11.8 Å². The third kappa shape index (κ3) is 6.51. The number of thioether (sulfide) groups is 1. The molecule has 5 heteroatoms. The molecule has 0 bridgehead atoms. The van der Waals surface area contributed by atoms with E-state index >= 15 is 0 Å². The van der Waals surface area contributed by atoms with Gasteiger partial charge in [-0.25, -0.2) is 0 Å². The molecule has 0 aromatic rings. The molecule has 0 radical (unpaired) electrons. The van der Waals surface area contributed by atoms with Crippen LogP contribution in [0.2, 0.25) is 0 Å². The first-order valence-corrected chi connectivity index (χ1v) is 6.00. The minimum atomic E-state index is 0. The summed E-state index contributed by atoms with van der Waals surface area (Å²) in [4.78, 5) is 10.6. The van der Waals surface area contributed by atoms with Crippen LogP contribution in [0.3, 0.4) is 0 Å². The van der Waals surface area contributed by atoms with Gasteiger partial charge in [0.05, 0.1) is 0 Å². The Labute approximate surface area is 96.2 Å². The average molecular weight is 239 g/mol. The van der Waals surface area contributed by atoms with E-state index < -0.39 is 0 Å². The second-order valence-electron chi connectivity index (χ2n) is 3.32. The van der Waals surface area contributed by atoms with Crippen LogP contribution < -0.4 is 10.6 Å². The lowest BCUT2D eigenvalue weighted by Crippen LogP contribution is -2.38. The first-order chi connectivity index (χ1) is 6.29. The van der Waals surface area contributed by atoms with Crippen molar-refractivity contribution in [2.75, 3.05) is 24.6 Å². The van der Waals surface area contributed by atoms with Gasteiger partial charge in [-0.2, -0.15) is 11.8 Å². The van der Waals surface area contributed by atoms with Gasteiger partial charge < -0.3 is 10.6 Å². The van der Waals surface area contributed by atoms with Crippen LogP contribution >= 0.6 is 24.2 Å². The summed E-state index contributed by atoms with van der Waals surface area (Å²) in [7, 11) is 0. The quantitative estimate of drug-likeness (QED) is 0.719. The predicted octanol–water partition coefficient (Wildman–Crippen LogP) is 1.03. The van der Waals surface area contributed by atoms with Gasteiger partial charge in [-0.3, -0.25) is 4.79 Å². The molecule has 0 aromatic carbocycles. The highest BCUT2D eigenvalue weighted by Crippen LogP contribution is 2.16. The lowest BCUT2D eigenvalue weighted by atomic mass is 10.1. The number of hydrogen-bond acceptors (Lipinski definition) is 3. The molecular weight excluding hydrogens is 220 g/mol. The Kier molecular flexibility index (Phi) is 8.43. The first-order valence-electron chi connectivity index (χ1n) is 4.84. The lowest BCUT2D eigenvalue weighted by Gasteiger charge is -2.22. The maximum Gasteiger partial charge on any atom is 0.216 e. The fraction of sp³-hybridized carbons (Fsp3) is 0.889. The largest absolute Gasteiger partial charge is 0.355 e. The van der Waals surface area contributed by atoms with Gasteiger partial charge >= 0.3 is 0 Å². The molecule has 1 amide bonds. The second-order valence-corrected chi connectivity index (χ2v) is 4.55. The van der Waals surface area contributed by atoms with E-state index in [4.69, 9.17) is 0 Å². The molecule has 1 fully saturated rings. The van der Waals surface area contributed by atoms with Crippen LogP contribution in [-0.2, 0) is 4.79 Å². The Hall–Kier alpha value is 0.0700. The number of rotatable bonds is 4. The van der Waals surface area contributed by atoms with Crippen molar-refractivity contribution in [1.29, 1.82) is 0 Å². The summed E-state index contributed by atoms with van der Waals surface area (Å²) in [5.74, 6) is 2.61. The number of amides is 1. The number of carbonyl (C=O) groups is 1. The molecule has 0 saturated carbocycles. The fourth-order valence-electron chi connectivity index (χ4n) is 1.42. The van der Waals surface area contributed by atoms with Gasteiger partial charge in [0, 0.05) is 26.1 Å². The summed E-state index contributed by atoms with van der Waals surface area (Å²) in [6.07, 6.45) is 2.54. The van der Waals surface area contributed by atoms with Gasteiger partial charge in [-0.05, 0) is 24.3 Å². The third-order valence-corrected chi connectivity index (χ3v) is 3.20. The van der Waals surface area contributed by atoms with Gasteiger partial charge in [-0.15, -0.1) is 12.4 Å². The van der Waals surface area contributed by atoms with E-state index in [1.54, 1.807) is 6.92 Å². The topological polar surface area (TPSA) is 41.1 Å². The van der Waals surface area contributed by atoms with Crippen molar-refractivity contribution in [3.05, 3.63) is 0 Å². The van der Waals surface area contributed by atoms with E-state index in [1.165, 1.54) is 24.3 Å². The molecule has 1 heterocycles. The van der Waals surface area contributed by atoms with Gasteiger partial charge in [0.15, 0.2) is 0 Å². The first kappa shape index (κ1) is 14.1. The molecule has 0 unspecified atom stereocenters. The van der Waals surface area contributed by atoms with Crippen LogP contribution in [-0.4, -0.2) is 36.5 Å². The summed E-state index contributed by atoms with van der Waals surface area (Å²) >= 11 is 2.03. The van der Waals surface area contributed by atoms with Gasteiger partial charge in [0.2, 0.25) is 5.91 Å². The minimum Gasteiger partial charge on any atom is -0.355 e. The Balaban J connectivity index is 0.00000169. The summed E-state index contributed by atoms with van der Waals surface area (Å²) < 4.78 is 0. The SMILES string of the molecule is CC(=O)NCCNC1CCSCC1.Cl. The Bertz CT molecular complexity index is 163. The molecule has 1 aliphatic heterocycles. The molecule has 84 valence electrons. The molecule has 0 aromatic heterocycles. The molecule has 14 heavy (non-hydrogen) atoms. The van der Waals surface area contributed by atoms with Crippen LogP contribution in [0.25, 0.3) is 0 Å². The Morgan fingerprint density at radius 3 is 2.57 bits per heavy atom. The van der Waals surface area contributed by atoms with Crippen molar-refractivity contribution in [2.45, 2.75) is 25.8 Å². The van der Waals surface area contributed by atoms with Crippen molar-refractivity contribution >= 4 is 30.1 Å². The monoisotopic (exact) mass is 238 g/mol. The highest BCUT2D eigenvalue weighted by molar-refractivity contribution is 7.99. The molecule has 1 aliphatic rings. The summed E-state index contributed by atoms with van der Waals surface area (Å²) in [6, 6.07) is 0.676. The van der Waals surface area contributed by atoms with Crippen LogP contribution in [0.4, 0.5) is 0 Å². The van der Waals surface area contributed by atoms with Crippen molar-refractivity contribution in [3.63, 3.8) is 0 Å². The number of halogens is 1. The van der Waals surface area contributed by atoms with Crippen molar-refractivity contribution in [1.82, 2.24) is 10.6 Å². The van der Waals surface area contributed by atoms with Gasteiger partial charge in [0.1, 0.15) is 0 Å². The zero-order valence-electron chi connectivity index (χ0n) is 8.54. The smallest absolute Gasteiger partial charge is 0.216 e. The molecular formula is C9H19ClN2OS. The Morgan fingerprint density at radius 2 is 2.00 bits per heavy atom. The standard InChI is InChI=1S/C9H18N2OS.ClH/c1-8(12)10-4-5-11-9-2-6-13-7-3-9;/h9,11H,2-7H2,1H3,(H,10,12);1H. The average Bonchev–Trinajstić information content (AvgIpc) is 2.14. The van der Waals surface area contributed by atoms with E-state index in [2.05, 4.69) is 10.6 Å². The number of nitrogens with one attached hydrogen (secondary N) is 2. The lowest BCUT2D eigenvalue weighted by molar-refractivity contribution is -0.118. The summed E-state index contributed by atoms with van der Waals surface area (Å²) in [5.41, 5.74) is 0. The third-order valence-electron chi connectivity index (χ3n) is 2.15. The maximum atomic E-state index is 10.6. The summed E-state index contributed by atoms with van der Waals surface area (Å²) in [5, 5.41) is 6.23. The highest BCUT2D eigenvalue weighted by atomic mass is 35.5. The van der Waals surface area contributed by atoms with E-state index in [0.717, 1.165) is 13.1 Å². The predicted molar refractivity (Wildman–Crippen MR) is 64.3 cm³/mol. The second kappa shape index (κ2) is 8.38. The summed E-state index contributed by atoms with van der Waals surface area (Å²) in [6.45, 7) is 3.20. The molecule has 3 nitrogen and oxygen atoms in total.